The zero-order valence-electron chi connectivity index (χ0n) is 16.0. The Morgan fingerprint density at radius 3 is 2.38 bits per heavy atom. The van der Waals surface area contributed by atoms with Crippen LogP contribution in [0.4, 0.5) is 5.69 Å². The largest absolute Gasteiger partial charge is 0.493 e. The van der Waals surface area contributed by atoms with Crippen LogP contribution < -0.4 is 9.47 Å². The fraction of sp³-hybridized carbons (Fsp3) is 0.200. The van der Waals surface area contributed by atoms with Gasteiger partial charge in [0.25, 0.3) is 5.69 Å². The summed E-state index contributed by atoms with van der Waals surface area (Å²) in [5.74, 6) is -0.414. The number of hydrogen-bond donors (Lipinski definition) is 0. The maximum Gasteiger partial charge on any atom is 0.330 e. The first-order chi connectivity index (χ1) is 13.8. The lowest BCUT2D eigenvalue weighted by Crippen LogP contribution is -2.20. The number of rotatable bonds is 8. The summed E-state index contributed by atoms with van der Waals surface area (Å²) in [6, 6.07) is 10.8. The molecule has 0 fully saturated rings. The number of nitrogens with zero attached hydrogens (tertiary/aromatic N) is 1. The van der Waals surface area contributed by atoms with Crippen LogP contribution in [0.3, 0.4) is 0 Å². The van der Waals surface area contributed by atoms with Crippen molar-refractivity contribution in [3.05, 3.63) is 64.2 Å². The van der Waals surface area contributed by atoms with Crippen molar-refractivity contribution in [2.24, 2.45) is 0 Å². The van der Waals surface area contributed by atoms with Crippen LogP contribution >= 0.6 is 11.8 Å². The number of nitro benzene ring substituents is 1. The molecule has 0 N–H and O–H groups in total. The summed E-state index contributed by atoms with van der Waals surface area (Å²) in [5, 5.41) is 10.2. The van der Waals surface area contributed by atoms with Gasteiger partial charge in [-0.3, -0.25) is 14.9 Å². The number of carbonyl (C=O) groups excluding carboxylic acids is 2. The summed E-state index contributed by atoms with van der Waals surface area (Å²) in [6.45, 7) is 1.67. The molecule has 0 bridgehead atoms. The number of hydrogen-bond acceptors (Lipinski definition) is 8. The molecular weight excluding hydrogens is 398 g/mol. The Morgan fingerprint density at radius 2 is 1.79 bits per heavy atom. The van der Waals surface area contributed by atoms with E-state index in [1.807, 2.05) is 0 Å². The lowest BCUT2D eigenvalue weighted by Gasteiger charge is -2.13. The van der Waals surface area contributed by atoms with E-state index < -0.39 is 22.1 Å². The molecule has 29 heavy (non-hydrogen) atoms. The molecule has 0 heterocycles. The van der Waals surface area contributed by atoms with Gasteiger partial charge in [0, 0.05) is 23.1 Å². The summed E-state index contributed by atoms with van der Waals surface area (Å²) in [6.07, 6.45) is 2.82. The van der Waals surface area contributed by atoms with E-state index in [1.165, 1.54) is 44.2 Å². The molecule has 0 aliphatic carbocycles. The van der Waals surface area contributed by atoms with Gasteiger partial charge in [-0.2, -0.15) is 0 Å². The van der Waals surface area contributed by atoms with E-state index in [0.717, 1.165) is 0 Å². The Hall–Kier alpha value is -3.33. The zero-order valence-corrected chi connectivity index (χ0v) is 16.8. The van der Waals surface area contributed by atoms with Crippen LogP contribution in [0.15, 0.2) is 53.4 Å². The van der Waals surface area contributed by atoms with Crippen molar-refractivity contribution in [1.82, 2.24) is 0 Å². The standard InChI is InChI=1S/C20H19NO7S/c1-13(29-16-8-6-15(7-9-16)21(24)25)20(23)28-17-10-4-14(12-18(17)26-2)5-11-19(22)27-3/h4-13H,1-3H3/b11-5+. The van der Waals surface area contributed by atoms with Crippen molar-refractivity contribution in [2.75, 3.05) is 14.2 Å². The van der Waals surface area contributed by atoms with E-state index in [9.17, 15) is 19.7 Å². The predicted molar refractivity (Wildman–Crippen MR) is 108 cm³/mol. The summed E-state index contributed by atoms with van der Waals surface area (Å²) >= 11 is 1.22. The molecule has 2 aromatic carbocycles. The third-order valence-corrected chi connectivity index (χ3v) is 4.79. The number of nitro groups is 1. The number of esters is 2. The van der Waals surface area contributed by atoms with Crippen molar-refractivity contribution in [3.8, 4) is 11.5 Å². The molecule has 0 saturated heterocycles. The Balaban J connectivity index is 2.05. The molecular formula is C20H19NO7S. The van der Waals surface area contributed by atoms with E-state index in [2.05, 4.69) is 4.74 Å². The summed E-state index contributed by atoms with van der Waals surface area (Å²) in [5.41, 5.74) is 0.649. The lowest BCUT2D eigenvalue weighted by molar-refractivity contribution is -0.384. The van der Waals surface area contributed by atoms with Gasteiger partial charge in [-0.1, -0.05) is 6.07 Å². The minimum atomic E-state index is -0.556. The highest BCUT2D eigenvalue weighted by atomic mass is 32.2. The molecule has 8 nitrogen and oxygen atoms in total. The Kier molecular flexibility index (Phi) is 7.79. The molecule has 2 rings (SSSR count). The molecule has 152 valence electrons. The van der Waals surface area contributed by atoms with Gasteiger partial charge >= 0.3 is 11.9 Å². The van der Waals surface area contributed by atoms with Crippen molar-refractivity contribution >= 4 is 35.5 Å². The monoisotopic (exact) mass is 417 g/mol. The number of carbonyl (C=O) groups is 2. The van der Waals surface area contributed by atoms with Crippen LogP contribution in [0.2, 0.25) is 0 Å². The smallest absolute Gasteiger partial charge is 0.330 e. The SMILES string of the molecule is COC(=O)/C=C/c1ccc(OC(=O)C(C)Sc2ccc([N+](=O)[O-])cc2)c(OC)c1. The minimum absolute atomic E-state index is 0.0179. The third-order valence-electron chi connectivity index (χ3n) is 3.70. The molecule has 0 amide bonds. The van der Waals surface area contributed by atoms with E-state index in [4.69, 9.17) is 9.47 Å². The highest BCUT2D eigenvalue weighted by Crippen LogP contribution is 2.31. The van der Waals surface area contributed by atoms with Crippen LogP contribution in [0.1, 0.15) is 12.5 Å². The quantitative estimate of drug-likeness (QED) is 0.159. The Labute approximate surface area is 171 Å². The Bertz CT molecular complexity index is 925. The Morgan fingerprint density at radius 1 is 1.10 bits per heavy atom. The van der Waals surface area contributed by atoms with Gasteiger partial charge in [-0.15, -0.1) is 11.8 Å². The van der Waals surface area contributed by atoms with Gasteiger partial charge in [-0.05, 0) is 42.8 Å². The molecule has 1 atom stereocenters. The first-order valence-corrected chi connectivity index (χ1v) is 9.29. The van der Waals surface area contributed by atoms with E-state index in [0.29, 0.717) is 16.2 Å². The fourth-order valence-corrected chi connectivity index (χ4v) is 3.04. The predicted octanol–water partition coefficient (Wildman–Crippen LogP) is 3.88. The van der Waals surface area contributed by atoms with E-state index >= 15 is 0 Å². The maximum atomic E-state index is 12.4. The molecule has 0 aromatic heterocycles. The number of methoxy groups -OCH3 is 2. The lowest BCUT2D eigenvalue weighted by atomic mass is 10.2. The first kappa shape index (κ1) is 22.0. The highest BCUT2D eigenvalue weighted by molar-refractivity contribution is 8.00. The van der Waals surface area contributed by atoms with Gasteiger partial charge < -0.3 is 14.2 Å². The average Bonchev–Trinajstić information content (AvgIpc) is 2.72. The molecule has 9 heteroatoms. The average molecular weight is 417 g/mol. The summed E-state index contributed by atoms with van der Waals surface area (Å²) in [7, 11) is 2.72. The normalized spacial score (nSPS) is 11.7. The first-order valence-electron chi connectivity index (χ1n) is 8.41. The van der Waals surface area contributed by atoms with Crippen LogP contribution in [0, 0.1) is 10.1 Å². The molecule has 0 spiro atoms. The second-order valence-electron chi connectivity index (χ2n) is 5.70. The highest BCUT2D eigenvalue weighted by Gasteiger charge is 2.19. The topological polar surface area (TPSA) is 105 Å². The minimum Gasteiger partial charge on any atom is -0.493 e. The second-order valence-corrected chi connectivity index (χ2v) is 7.11. The number of benzene rings is 2. The van der Waals surface area contributed by atoms with Crippen LogP contribution in [0.5, 0.6) is 11.5 Å². The number of thioether (sulfide) groups is 1. The summed E-state index contributed by atoms with van der Waals surface area (Å²) < 4.78 is 15.2. The van der Waals surface area contributed by atoms with Crippen LogP contribution in [-0.4, -0.2) is 36.3 Å². The maximum absolute atomic E-state index is 12.4. The van der Waals surface area contributed by atoms with Gasteiger partial charge in [0.15, 0.2) is 11.5 Å². The van der Waals surface area contributed by atoms with Crippen molar-refractivity contribution in [2.45, 2.75) is 17.1 Å². The van der Waals surface area contributed by atoms with Crippen LogP contribution in [0.25, 0.3) is 6.08 Å². The second kappa shape index (κ2) is 10.3. The number of ether oxygens (including phenoxy) is 3. The van der Waals surface area contributed by atoms with Gasteiger partial charge in [-0.25, -0.2) is 4.79 Å². The molecule has 0 aliphatic heterocycles. The van der Waals surface area contributed by atoms with Crippen LogP contribution in [-0.2, 0) is 14.3 Å². The molecule has 0 radical (unpaired) electrons. The molecule has 2 aromatic rings. The van der Waals surface area contributed by atoms with E-state index in [1.54, 1.807) is 43.3 Å². The van der Waals surface area contributed by atoms with Crippen molar-refractivity contribution in [3.63, 3.8) is 0 Å². The van der Waals surface area contributed by atoms with Gasteiger partial charge in [0.1, 0.15) is 5.25 Å². The molecule has 1 unspecified atom stereocenters. The van der Waals surface area contributed by atoms with Crippen molar-refractivity contribution < 1.29 is 28.7 Å². The third kappa shape index (κ3) is 6.35. The fourth-order valence-electron chi connectivity index (χ4n) is 2.19. The molecule has 0 saturated carbocycles. The molecule has 0 aliphatic rings. The van der Waals surface area contributed by atoms with Gasteiger partial charge in [0.2, 0.25) is 0 Å². The number of non-ortho nitro benzene ring substituents is 1. The summed E-state index contributed by atoms with van der Waals surface area (Å²) in [4.78, 5) is 34.5. The van der Waals surface area contributed by atoms with Crippen molar-refractivity contribution in [1.29, 1.82) is 0 Å². The van der Waals surface area contributed by atoms with Gasteiger partial charge in [0.05, 0.1) is 19.1 Å². The van der Waals surface area contributed by atoms with E-state index in [-0.39, 0.29) is 11.4 Å². The zero-order chi connectivity index (χ0) is 21.4.